The summed E-state index contributed by atoms with van der Waals surface area (Å²) in [4.78, 5) is 4.58. The minimum absolute atomic E-state index is 0.647. The van der Waals surface area contributed by atoms with E-state index in [1.807, 2.05) is 0 Å². The molecule has 102 valence electrons. The van der Waals surface area contributed by atoms with Gasteiger partial charge in [-0.05, 0) is 43.2 Å². The Morgan fingerprint density at radius 2 is 2.26 bits per heavy atom. The van der Waals surface area contributed by atoms with Gasteiger partial charge in [-0.2, -0.15) is 0 Å². The third-order valence-corrected chi connectivity index (χ3v) is 5.85. The number of nitrogens with zero attached hydrogens (tertiary/aromatic N) is 1. The zero-order chi connectivity index (χ0) is 13.2. The molecule has 1 saturated carbocycles. The fourth-order valence-corrected chi connectivity index (χ4v) is 4.41. The van der Waals surface area contributed by atoms with Crippen molar-refractivity contribution in [3.8, 4) is 0 Å². The van der Waals surface area contributed by atoms with Crippen molar-refractivity contribution in [1.29, 1.82) is 0 Å². The average Bonchev–Trinajstić information content (AvgIpc) is 2.81. The molecule has 0 saturated heterocycles. The molecule has 0 amide bonds. The van der Waals surface area contributed by atoms with Crippen LogP contribution in [-0.4, -0.2) is 17.3 Å². The molecule has 1 aromatic carbocycles. The van der Waals surface area contributed by atoms with E-state index < -0.39 is 0 Å². The highest BCUT2D eigenvalue weighted by Gasteiger charge is 2.18. The predicted octanol–water partition coefficient (Wildman–Crippen LogP) is 5.01. The van der Waals surface area contributed by atoms with Gasteiger partial charge in [0.05, 0.1) is 10.2 Å². The van der Waals surface area contributed by atoms with Crippen molar-refractivity contribution in [3.05, 3.63) is 18.2 Å². The maximum Gasteiger partial charge on any atom is 0.150 e. The van der Waals surface area contributed by atoms with Crippen molar-refractivity contribution in [2.75, 3.05) is 11.6 Å². The number of benzene rings is 1. The van der Waals surface area contributed by atoms with E-state index in [4.69, 9.17) is 0 Å². The fourth-order valence-electron chi connectivity index (χ4n) is 2.88. The predicted molar refractivity (Wildman–Crippen MR) is 86.4 cm³/mol. The molecule has 2 unspecified atom stereocenters. The number of aromatic nitrogens is 1. The Balaban J connectivity index is 1.77. The van der Waals surface area contributed by atoms with Gasteiger partial charge in [0.1, 0.15) is 0 Å². The van der Waals surface area contributed by atoms with E-state index in [0.717, 1.165) is 15.8 Å². The summed E-state index contributed by atoms with van der Waals surface area (Å²) in [6.45, 7) is 2.37. The minimum atomic E-state index is 0.647. The summed E-state index contributed by atoms with van der Waals surface area (Å²) >= 11 is 3.51. The Bertz CT molecular complexity index is 564. The molecule has 1 aliphatic carbocycles. The first kappa shape index (κ1) is 13.3. The second kappa shape index (κ2) is 5.71. The fraction of sp³-hybridized carbons (Fsp3) is 0.533. The molecule has 1 aliphatic rings. The average molecular weight is 292 g/mol. The van der Waals surface area contributed by atoms with Crippen molar-refractivity contribution in [1.82, 2.24) is 4.98 Å². The Labute approximate surface area is 123 Å². The van der Waals surface area contributed by atoms with E-state index in [1.54, 1.807) is 23.1 Å². The smallest absolute Gasteiger partial charge is 0.150 e. The highest BCUT2D eigenvalue weighted by atomic mass is 32.2. The molecule has 0 bridgehead atoms. The molecule has 2 atom stereocenters. The SMILES string of the molecule is CSc1nc2ccc(NC3CCCC(C)C3)cc2s1. The summed E-state index contributed by atoms with van der Waals surface area (Å²) in [6, 6.07) is 7.21. The first-order chi connectivity index (χ1) is 9.24. The van der Waals surface area contributed by atoms with Gasteiger partial charge in [0.2, 0.25) is 0 Å². The highest BCUT2D eigenvalue weighted by Crippen LogP contribution is 2.31. The lowest BCUT2D eigenvalue weighted by molar-refractivity contribution is 0.358. The van der Waals surface area contributed by atoms with E-state index in [2.05, 4.69) is 41.7 Å². The van der Waals surface area contributed by atoms with Crippen molar-refractivity contribution < 1.29 is 0 Å². The second-order valence-electron chi connectivity index (χ2n) is 5.48. The van der Waals surface area contributed by atoms with Gasteiger partial charge in [0, 0.05) is 11.7 Å². The summed E-state index contributed by atoms with van der Waals surface area (Å²) in [5, 5.41) is 3.70. The van der Waals surface area contributed by atoms with Gasteiger partial charge in [0.25, 0.3) is 0 Å². The Morgan fingerprint density at radius 3 is 3.05 bits per heavy atom. The van der Waals surface area contributed by atoms with Gasteiger partial charge in [0.15, 0.2) is 4.34 Å². The lowest BCUT2D eigenvalue weighted by Crippen LogP contribution is -2.26. The molecule has 1 fully saturated rings. The van der Waals surface area contributed by atoms with Crippen molar-refractivity contribution in [2.24, 2.45) is 5.92 Å². The summed E-state index contributed by atoms with van der Waals surface area (Å²) in [5.41, 5.74) is 2.37. The molecule has 0 radical (unpaired) electrons. The molecule has 4 heteroatoms. The topological polar surface area (TPSA) is 24.9 Å². The van der Waals surface area contributed by atoms with Crippen LogP contribution >= 0.6 is 23.1 Å². The Morgan fingerprint density at radius 1 is 1.37 bits per heavy atom. The Kier molecular flexibility index (Phi) is 3.99. The van der Waals surface area contributed by atoms with Crippen LogP contribution in [0.4, 0.5) is 5.69 Å². The van der Waals surface area contributed by atoms with Crippen LogP contribution in [0.5, 0.6) is 0 Å². The van der Waals surface area contributed by atoms with Gasteiger partial charge in [-0.1, -0.05) is 31.5 Å². The maximum atomic E-state index is 4.58. The van der Waals surface area contributed by atoms with Crippen LogP contribution in [0.15, 0.2) is 22.5 Å². The zero-order valence-electron chi connectivity index (χ0n) is 11.5. The molecular weight excluding hydrogens is 272 g/mol. The quantitative estimate of drug-likeness (QED) is 0.805. The van der Waals surface area contributed by atoms with Gasteiger partial charge in [-0.25, -0.2) is 4.98 Å². The highest BCUT2D eigenvalue weighted by molar-refractivity contribution is 8.00. The lowest BCUT2D eigenvalue weighted by atomic mass is 9.87. The molecule has 0 aliphatic heterocycles. The Hall–Kier alpha value is -0.740. The van der Waals surface area contributed by atoms with Crippen LogP contribution in [-0.2, 0) is 0 Å². The summed E-state index contributed by atoms with van der Waals surface area (Å²) in [5.74, 6) is 0.862. The van der Waals surface area contributed by atoms with E-state index in [1.165, 1.54) is 36.1 Å². The van der Waals surface area contributed by atoms with E-state index in [9.17, 15) is 0 Å². The first-order valence-corrected chi connectivity index (χ1v) is 9.00. The molecule has 0 spiro atoms. The molecule has 2 nitrogen and oxygen atoms in total. The summed E-state index contributed by atoms with van der Waals surface area (Å²) in [6.07, 6.45) is 7.44. The molecule has 19 heavy (non-hydrogen) atoms. The molecule has 1 N–H and O–H groups in total. The number of hydrogen-bond acceptors (Lipinski definition) is 4. The van der Waals surface area contributed by atoms with Crippen LogP contribution in [0.3, 0.4) is 0 Å². The third-order valence-electron chi connectivity index (χ3n) is 3.85. The maximum absolute atomic E-state index is 4.58. The number of thiazole rings is 1. The van der Waals surface area contributed by atoms with Crippen molar-refractivity contribution in [3.63, 3.8) is 0 Å². The van der Waals surface area contributed by atoms with Crippen molar-refractivity contribution in [2.45, 2.75) is 43.0 Å². The monoisotopic (exact) mass is 292 g/mol. The third kappa shape index (κ3) is 3.06. The van der Waals surface area contributed by atoms with Gasteiger partial charge in [-0.3, -0.25) is 0 Å². The number of anilines is 1. The van der Waals surface area contributed by atoms with Crippen LogP contribution in [0.25, 0.3) is 10.2 Å². The molecule has 3 rings (SSSR count). The molecule has 2 aromatic rings. The number of hydrogen-bond donors (Lipinski definition) is 1. The normalized spacial score (nSPS) is 23.7. The number of fused-ring (bicyclic) bond motifs is 1. The van der Waals surface area contributed by atoms with Crippen LogP contribution in [0.1, 0.15) is 32.6 Å². The number of thioether (sulfide) groups is 1. The number of nitrogens with one attached hydrogen (secondary N) is 1. The van der Waals surface area contributed by atoms with Gasteiger partial charge >= 0.3 is 0 Å². The largest absolute Gasteiger partial charge is 0.382 e. The summed E-state index contributed by atoms with van der Waals surface area (Å²) in [7, 11) is 0. The van der Waals surface area contributed by atoms with Crippen molar-refractivity contribution >= 4 is 39.0 Å². The zero-order valence-corrected chi connectivity index (χ0v) is 13.1. The summed E-state index contributed by atoms with van der Waals surface area (Å²) < 4.78 is 2.44. The second-order valence-corrected chi connectivity index (χ2v) is 7.56. The molecular formula is C15H20N2S2. The van der Waals surface area contributed by atoms with Crippen LogP contribution < -0.4 is 5.32 Å². The van der Waals surface area contributed by atoms with Gasteiger partial charge < -0.3 is 5.32 Å². The molecule has 1 aromatic heterocycles. The van der Waals surface area contributed by atoms with Crippen LogP contribution in [0.2, 0.25) is 0 Å². The van der Waals surface area contributed by atoms with E-state index >= 15 is 0 Å². The molecule has 1 heterocycles. The van der Waals surface area contributed by atoms with Crippen LogP contribution in [0, 0.1) is 5.92 Å². The minimum Gasteiger partial charge on any atom is -0.382 e. The lowest BCUT2D eigenvalue weighted by Gasteiger charge is -2.28. The number of rotatable bonds is 3. The van der Waals surface area contributed by atoms with Gasteiger partial charge in [-0.15, -0.1) is 11.3 Å². The van der Waals surface area contributed by atoms with E-state index in [-0.39, 0.29) is 0 Å². The van der Waals surface area contributed by atoms with E-state index in [0.29, 0.717) is 6.04 Å². The first-order valence-electron chi connectivity index (χ1n) is 6.95. The standard InChI is InChI=1S/C15H20N2S2/c1-10-4-3-5-11(8-10)16-12-6-7-13-14(9-12)19-15(17-13)18-2/h6-7,9-11,16H,3-5,8H2,1-2H3.